The molecule has 3 N–H and O–H groups in total. The molecule has 2 aliphatic rings. The van der Waals surface area contributed by atoms with Crippen LogP contribution in [0.2, 0.25) is 0 Å². The summed E-state index contributed by atoms with van der Waals surface area (Å²) in [6.45, 7) is 7.32. The van der Waals surface area contributed by atoms with Gasteiger partial charge in [-0.25, -0.2) is 0 Å². The molecule has 0 atom stereocenters. The predicted octanol–water partition coefficient (Wildman–Crippen LogP) is 0.341. The second kappa shape index (κ2) is 8.73. The predicted molar refractivity (Wildman–Crippen MR) is 93.5 cm³/mol. The van der Waals surface area contributed by atoms with Gasteiger partial charge in [-0.05, 0) is 31.6 Å². The minimum absolute atomic E-state index is 0.166. The fourth-order valence-electron chi connectivity index (χ4n) is 3.62. The van der Waals surface area contributed by atoms with Crippen molar-refractivity contribution in [3.8, 4) is 0 Å². The molecule has 1 amide bonds. The van der Waals surface area contributed by atoms with Gasteiger partial charge in [-0.15, -0.1) is 0 Å². The van der Waals surface area contributed by atoms with Crippen LogP contribution in [-0.4, -0.2) is 64.6 Å². The Morgan fingerprint density at radius 2 is 1.88 bits per heavy atom. The summed E-state index contributed by atoms with van der Waals surface area (Å²) in [5, 5.41) is 7.14. The fraction of sp³-hybridized carbons (Fsp3) is 0.824. The van der Waals surface area contributed by atoms with Crippen LogP contribution < -0.4 is 11.1 Å². The van der Waals surface area contributed by atoms with E-state index < -0.39 is 0 Å². The zero-order valence-electron chi connectivity index (χ0n) is 15.1. The van der Waals surface area contributed by atoms with Gasteiger partial charge in [0.25, 0.3) is 0 Å². The van der Waals surface area contributed by atoms with Gasteiger partial charge >= 0.3 is 0 Å². The third-order valence-corrected chi connectivity index (χ3v) is 5.26. The smallest absolute Gasteiger partial charge is 0.240 e. The molecule has 3 rings (SSSR count). The number of carbonyl (C=O) groups is 1. The molecule has 0 bridgehead atoms. The molecule has 140 valence electrons. The average Bonchev–Trinajstić information content (AvgIpc) is 3.06. The largest absolute Gasteiger partial charge is 0.352 e. The summed E-state index contributed by atoms with van der Waals surface area (Å²) in [5.74, 6) is 2.13. The fourth-order valence-corrected chi connectivity index (χ4v) is 3.62. The first-order valence-corrected chi connectivity index (χ1v) is 9.38. The Morgan fingerprint density at radius 3 is 2.52 bits per heavy atom. The number of hydrogen-bond donors (Lipinski definition) is 2. The minimum Gasteiger partial charge on any atom is -0.352 e. The first kappa shape index (κ1) is 18.3. The Kier molecular flexibility index (Phi) is 6.39. The van der Waals surface area contributed by atoms with E-state index in [-0.39, 0.29) is 12.5 Å². The highest BCUT2D eigenvalue weighted by molar-refractivity contribution is 5.78. The lowest BCUT2D eigenvalue weighted by Crippen LogP contribution is -2.50. The summed E-state index contributed by atoms with van der Waals surface area (Å²) < 4.78 is 5.03. The summed E-state index contributed by atoms with van der Waals surface area (Å²) in [6, 6.07) is 0.375. The zero-order chi connectivity index (χ0) is 17.6. The van der Waals surface area contributed by atoms with Crippen molar-refractivity contribution in [2.45, 2.75) is 51.7 Å². The number of amides is 1. The molecule has 1 aliphatic carbocycles. The lowest BCUT2D eigenvalue weighted by molar-refractivity contribution is -0.123. The summed E-state index contributed by atoms with van der Waals surface area (Å²) in [5.41, 5.74) is 5.48. The van der Waals surface area contributed by atoms with Crippen molar-refractivity contribution in [1.29, 1.82) is 0 Å². The molecule has 25 heavy (non-hydrogen) atoms. The van der Waals surface area contributed by atoms with Crippen LogP contribution in [0.3, 0.4) is 0 Å². The SMILES string of the molecule is CC1CCC(NC(=O)CN2CCN(Cc3noc(CN)n3)CC2)CC1. The van der Waals surface area contributed by atoms with E-state index in [0.717, 1.165) is 44.9 Å². The first-order valence-electron chi connectivity index (χ1n) is 9.38. The molecule has 1 aromatic heterocycles. The van der Waals surface area contributed by atoms with Crippen LogP contribution in [0.15, 0.2) is 4.52 Å². The lowest BCUT2D eigenvalue weighted by atomic mass is 9.87. The van der Waals surface area contributed by atoms with Crippen molar-refractivity contribution in [3.63, 3.8) is 0 Å². The number of nitrogens with two attached hydrogens (primary N) is 1. The molecule has 1 aromatic rings. The second-order valence-corrected chi connectivity index (χ2v) is 7.39. The molecular weight excluding hydrogens is 320 g/mol. The highest BCUT2D eigenvalue weighted by Gasteiger charge is 2.23. The lowest BCUT2D eigenvalue weighted by Gasteiger charge is -2.34. The quantitative estimate of drug-likeness (QED) is 0.763. The van der Waals surface area contributed by atoms with Crippen molar-refractivity contribution in [2.24, 2.45) is 11.7 Å². The van der Waals surface area contributed by atoms with Crippen LogP contribution in [0.4, 0.5) is 0 Å². The van der Waals surface area contributed by atoms with Crippen LogP contribution in [0.1, 0.15) is 44.3 Å². The molecule has 1 aliphatic heterocycles. The molecule has 1 saturated carbocycles. The maximum Gasteiger partial charge on any atom is 0.240 e. The number of hydrogen-bond acceptors (Lipinski definition) is 7. The van der Waals surface area contributed by atoms with Gasteiger partial charge in [0.2, 0.25) is 11.8 Å². The van der Waals surface area contributed by atoms with Crippen molar-refractivity contribution in [3.05, 3.63) is 11.7 Å². The number of piperazine rings is 1. The number of aromatic nitrogens is 2. The van der Waals surface area contributed by atoms with Gasteiger partial charge in [-0.1, -0.05) is 12.1 Å². The van der Waals surface area contributed by atoms with Gasteiger partial charge in [0, 0.05) is 32.2 Å². The van der Waals surface area contributed by atoms with Crippen LogP contribution >= 0.6 is 0 Å². The van der Waals surface area contributed by atoms with Gasteiger partial charge in [0.1, 0.15) is 0 Å². The molecule has 0 radical (unpaired) electrons. The van der Waals surface area contributed by atoms with Gasteiger partial charge in [-0.3, -0.25) is 14.6 Å². The molecule has 2 fully saturated rings. The van der Waals surface area contributed by atoms with Crippen LogP contribution in [-0.2, 0) is 17.9 Å². The van der Waals surface area contributed by atoms with E-state index in [1.165, 1.54) is 12.8 Å². The molecular formula is C17H30N6O2. The Bertz CT molecular complexity index is 547. The van der Waals surface area contributed by atoms with Crippen molar-refractivity contribution in [2.75, 3.05) is 32.7 Å². The Labute approximate surface area is 149 Å². The Hall–Kier alpha value is -1.51. The highest BCUT2D eigenvalue weighted by atomic mass is 16.5. The number of carbonyl (C=O) groups excluding carboxylic acids is 1. The third kappa shape index (κ3) is 5.49. The maximum absolute atomic E-state index is 12.3. The van der Waals surface area contributed by atoms with E-state index in [9.17, 15) is 4.79 Å². The molecule has 0 spiro atoms. The zero-order valence-corrected chi connectivity index (χ0v) is 15.1. The summed E-state index contributed by atoms with van der Waals surface area (Å²) in [6.07, 6.45) is 4.70. The van der Waals surface area contributed by atoms with E-state index in [1.807, 2.05) is 0 Å². The van der Waals surface area contributed by atoms with Crippen molar-refractivity contribution < 1.29 is 9.32 Å². The van der Waals surface area contributed by atoms with E-state index in [1.54, 1.807) is 0 Å². The second-order valence-electron chi connectivity index (χ2n) is 7.39. The molecule has 1 saturated heterocycles. The van der Waals surface area contributed by atoms with Crippen LogP contribution in [0.5, 0.6) is 0 Å². The normalized spacial score (nSPS) is 25.8. The van der Waals surface area contributed by atoms with Crippen LogP contribution in [0.25, 0.3) is 0 Å². The van der Waals surface area contributed by atoms with Gasteiger partial charge in [0.15, 0.2) is 5.82 Å². The topological polar surface area (TPSA) is 101 Å². The van der Waals surface area contributed by atoms with E-state index in [4.69, 9.17) is 10.3 Å². The van der Waals surface area contributed by atoms with Crippen molar-refractivity contribution >= 4 is 5.91 Å². The van der Waals surface area contributed by atoms with Gasteiger partial charge < -0.3 is 15.6 Å². The van der Waals surface area contributed by atoms with E-state index >= 15 is 0 Å². The van der Waals surface area contributed by atoms with E-state index in [0.29, 0.717) is 30.8 Å². The van der Waals surface area contributed by atoms with Crippen molar-refractivity contribution in [1.82, 2.24) is 25.3 Å². The third-order valence-electron chi connectivity index (χ3n) is 5.26. The number of rotatable bonds is 6. The molecule has 0 unspecified atom stereocenters. The number of nitrogens with zero attached hydrogens (tertiary/aromatic N) is 4. The first-order chi connectivity index (χ1) is 12.1. The van der Waals surface area contributed by atoms with Gasteiger partial charge in [0.05, 0.1) is 19.6 Å². The maximum atomic E-state index is 12.3. The van der Waals surface area contributed by atoms with Crippen LogP contribution in [0, 0.1) is 5.92 Å². The Morgan fingerprint density at radius 1 is 1.20 bits per heavy atom. The minimum atomic E-state index is 0.166. The monoisotopic (exact) mass is 350 g/mol. The molecule has 2 heterocycles. The summed E-state index contributed by atoms with van der Waals surface area (Å²) in [4.78, 5) is 21.0. The van der Waals surface area contributed by atoms with E-state index in [2.05, 4.69) is 32.2 Å². The molecule has 0 aromatic carbocycles. The summed E-state index contributed by atoms with van der Waals surface area (Å²) in [7, 11) is 0. The standard InChI is InChI=1S/C17H30N6O2/c1-13-2-4-14(5-3-13)19-16(24)12-23-8-6-22(7-9-23)11-15-20-17(10-18)25-21-15/h13-14H,2-12,18H2,1H3,(H,19,24). The molecule has 8 nitrogen and oxygen atoms in total. The highest BCUT2D eigenvalue weighted by Crippen LogP contribution is 2.23. The van der Waals surface area contributed by atoms with Gasteiger partial charge in [-0.2, -0.15) is 4.98 Å². The summed E-state index contributed by atoms with van der Waals surface area (Å²) >= 11 is 0. The average molecular weight is 350 g/mol. The number of nitrogens with one attached hydrogen (secondary N) is 1. The Balaban J connectivity index is 1.35. The molecule has 8 heteroatoms.